The first-order valence-corrected chi connectivity index (χ1v) is 9.39. The van der Waals surface area contributed by atoms with E-state index in [2.05, 4.69) is 0 Å². The minimum absolute atomic E-state index is 0.0699. The number of carbonyl (C=O) groups is 1. The van der Waals surface area contributed by atoms with E-state index in [0.29, 0.717) is 5.69 Å². The van der Waals surface area contributed by atoms with Gasteiger partial charge in [-0.05, 0) is 31.2 Å². The lowest BCUT2D eigenvalue weighted by molar-refractivity contribution is -0.384. The van der Waals surface area contributed by atoms with Crippen LogP contribution in [0, 0.1) is 10.1 Å². The quantitative estimate of drug-likeness (QED) is 0.601. The van der Waals surface area contributed by atoms with Crippen LogP contribution in [0.25, 0.3) is 0 Å². The SMILES string of the molecule is C[C@H]1C(=O)N(c2ccc([N+](=O)[O-])cc2)CCN1S(=O)(=O)c1ccccc1. The summed E-state index contributed by atoms with van der Waals surface area (Å²) in [6.45, 7) is 1.86. The summed E-state index contributed by atoms with van der Waals surface area (Å²) in [5.74, 6) is -0.371. The molecule has 1 aliphatic rings. The molecule has 0 unspecified atom stereocenters. The Labute approximate surface area is 150 Å². The van der Waals surface area contributed by atoms with Crippen molar-refractivity contribution < 1.29 is 18.1 Å². The number of nitro groups is 1. The minimum atomic E-state index is -3.77. The maximum Gasteiger partial charge on any atom is 0.269 e. The third kappa shape index (κ3) is 3.18. The van der Waals surface area contributed by atoms with Crippen LogP contribution < -0.4 is 4.90 Å². The van der Waals surface area contributed by atoms with E-state index in [1.54, 1.807) is 25.1 Å². The summed E-state index contributed by atoms with van der Waals surface area (Å²) in [5, 5.41) is 10.7. The summed E-state index contributed by atoms with van der Waals surface area (Å²) < 4.78 is 26.8. The van der Waals surface area contributed by atoms with Gasteiger partial charge in [0.05, 0.1) is 9.82 Å². The number of amides is 1. The fourth-order valence-corrected chi connectivity index (χ4v) is 4.52. The van der Waals surface area contributed by atoms with Gasteiger partial charge >= 0.3 is 0 Å². The third-order valence-corrected chi connectivity index (χ3v) is 6.31. The number of hydrogen-bond donors (Lipinski definition) is 0. The number of anilines is 1. The molecule has 1 aliphatic heterocycles. The Bertz CT molecular complexity index is 929. The molecule has 136 valence electrons. The number of sulfonamides is 1. The van der Waals surface area contributed by atoms with Crippen LogP contribution >= 0.6 is 0 Å². The predicted molar refractivity (Wildman–Crippen MR) is 95.2 cm³/mol. The van der Waals surface area contributed by atoms with Crippen LogP contribution in [0.1, 0.15) is 6.92 Å². The number of nitrogens with zero attached hydrogens (tertiary/aromatic N) is 3. The Balaban J connectivity index is 1.84. The Morgan fingerprint density at radius 3 is 2.23 bits per heavy atom. The highest BCUT2D eigenvalue weighted by Gasteiger charge is 2.39. The molecule has 9 heteroatoms. The average Bonchev–Trinajstić information content (AvgIpc) is 2.64. The summed E-state index contributed by atoms with van der Waals surface area (Å²) in [6, 6.07) is 12.7. The molecule has 0 N–H and O–H groups in total. The molecule has 1 fully saturated rings. The topological polar surface area (TPSA) is 101 Å². The molecule has 0 radical (unpaired) electrons. The highest BCUT2D eigenvalue weighted by Crippen LogP contribution is 2.26. The van der Waals surface area contributed by atoms with E-state index in [0.717, 1.165) is 0 Å². The lowest BCUT2D eigenvalue weighted by Gasteiger charge is -2.38. The zero-order chi connectivity index (χ0) is 18.9. The van der Waals surface area contributed by atoms with Gasteiger partial charge in [0.1, 0.15) is 6.04 Å². The molecule has 0 spiro atoms. The van der Waals surface area contributed by atoms with E-state index in [9.17, 15) is 23.3 Å². The highest BCUT2D eigenvalue weighted by atomic mass is 32.2. The van der Waals surface area contributed by atoms with Gasteiger partial charge in [-0.1, -0.05) is 18.2 Å². The van der Waals surface area contributed by atoms with E-state index in [1.165, 1.54) is 45.6 Å². The smallest absolute Gasteiger partial charge is 0.269 e. The fourth-order valence-electron chi connectivity index (χ4n) is 2.92. The van der Waals surface area contributed by atoms with Gasteiger partial charge in [0.25, 0.3) is 5.69 Å². The molecule has 0 aromatic heterocycles. The lowest BCUT2D eigenvalue weighted by atomic mass is 10.2. The molecule has 0 bridgehead atoms. The number of rotatable bonds is 4. The first-order valence-electron chi connectivity index (χ1n) is 7.95. The molecule has 0 saturated carbocycles. The zero-order valence-corrected chi connectivity index (χ0v) is 14.8. The van der Waals surface area contributed by atoms with Gasteiger partial charge < -0.3 is 4.90 Å². The minimum Gasteiger partial charge on any atom is -0.310 e. The summed E-state index contributed by atoms with van der Waals surface area (Å²) in [5.41, 5.74) is 0.434. The number of piperazine rings is 1. The van der Waals surface area contributed by atoms with E-state index < -0.39 is 21.0 Å². The number of nitro benzene ring substituents is 1. The van der Waals surface area contributed by atoms with Crippen molar-refractivity contribution >= 4 is 27.3 Å². The molecule has 1 heterocycles. The van der Waals surface area contributed by atoms with Crippen molar-refractivity contribution in [2.45, 2.75) is 17.9 Å². The Morgan fingerprint density at radius 1 is 1.04 bits per heavy atom. The van der Waals surface area contributed by atoms with Gasteiger partial charge in [0.2, 0.25) is 15.9 Å². The average molecular weight is 375 g/mol. The molecule has 3 rings (SSSR count). The van der Waals surface area contributed by atoms with Gasteiger partial charge in [-0.25, -0.2) is 8.42 Å². The molecule has 1 amide bonds. The molecular weight excluding hydrogens is 358 g/mol. The number of carbonyl (C=O) groups excluding carboxylic acids is 1. The van der Waals surface area contributed by atoms with Crippen LogP contribution in [0.4, 0.5) is 11.4 Å². The Hall–Kier alpha value is -2.78. The van der Waals surface area contributed by atoms with Crippen molar-refractivity contribution in [1.82, 2.24) is 4.31 Å². The number of benzene rings is 2. The molecule has 1 atom stereocenters. The van der Waals surface area contributed by atoms with Crippen LogP contribution in [0.15, 0.2) is 59.5 Å². The fraction of sp³-hybridized carbons (Fsp3) is 0.235. The van der Waals surface area contributed by atoms with Gasteiger partial charge in [-0.2, -0.15) is 4.31 Å². The Morgan fingerprint density at radius 2 is 1.65 bits per heavy atom. The normalized spacial score (nSPS) is 18.7. The molecule has 1 saturated heterocycles. The second-order valence-electron chi connectivity index (χ2n) is 5.87. The lowest BCUT2D eigenvalue weighted by Crippen LogP contribution is -2.57. The molecular formula is C17H17N3O5S. The van der Waals surface area contributed by atoms with Gasteiger partial charge in [-0.3, -0.25) is 14.9 Å². The van der Waals surface area contributed by atoms with Crippen molar-refractivity contribution in [1.29, 1.82) is 0 Å². The standard InChI is InChI=1S/C17H17N3O5S/c1-13-17(21)18(14-7-9-15(10-8-14)20(22)23)11-12-19(13)26(24,25)16-5-3-2-4-6-16/h2-10,13H,11-12H2,1H3/t13-/m0/s1. The van der Waals surface area contributed by atoms with E-state index in [-0.39, 0.29) is 29.6 Å². The van der Waals surface area contributed by atoms with E-state index in [1.807, 2.05) is 0 Å². The first-order chi connectivity index (χ1) is 12.3. The van der Waals surface area contributed by atoms with Crippen molar-refractivity contribution in [3.8, 4) is 0 Å². The van der Waals surface area contributed by atoms with Crippen LogP contribution in [-0.4, -0.2) is 42.7 Å². The van der Waals surface area contributed by atoms with Gasteiger partial charge in [-0.15, -0.1) is 0 Å². The third-order valence-electron chi connectivity index (χ3n) is 4.32. The largest absolute Gasteiger partial charge is 0.310 e. The Kier molecular flexibility index (Phi) is 4.75. The molecule has 2 aromatic rings. The molecule has 8 nitrogen and oxygen atoms in total. The van der Waals surface area contributed by atoms with Crippen molar-refractivity contribution in [2.24, 2.45) is 0 Å². The second-order valence-corrected chi connectivity index (χ2v) is 7.76. The van der Waals surface area contributed by atoms with Crippen molar-refractivity contribution in [2.75, 3.05) is 18.0 Å². The maximum atomic E-state index is 12.8. The predicted octanol–water partition coefficient (Wildman–Crippen LogP) is 2.02. The summed E-state index contributed by atoms with van der Waals surface area (Å²) >= 11 is 0. The van der Waals surface area contributed by atoms with Crippen LogP contribution in [-0.2, 0) is 14.8 Å². The highest BCUT2D eigenvalue weighted by molar-refractivity contribution is 7.89. The van der Waals surface area contributed by atoms with Crippen LogP contribution in [0.2, 0.25) is 0 Å². The van der Waals surface area contributed by atoms with E-state index >= 15 is 0 Å². The van der Waals surface area contributed by atoms with Crippen LogP contribution in [0.5, 0.6) is 0 Å². The molecule has 26 heavy (non-hydrogen) atoms. The van der Waals surface area contributed by atoms with Gasteiger partial charge in [0, 0.05) is 30.9 Å². The maximum absolute atomic E-state index is 12.8. The van der Waals surface area contributed by atoms with Crippen LogP contribution in [0.3, 0.4) is 0 Å². The first kappa shape index (κ1) is 18.0. The zero-order valence-electron chi connectivity index (χ0n) is 14.0. The second kappa shape index (κ2) is 6.85. The molecule has 0 aliphatic carbocycles. The van der Waals surface area contributed by atoms with Crippen molar-refractivity contribution in [3.63, 3.8) is 0 Å². The summed E-state index contributed by atoms with van der Waals surface area (Å²) in [4.78, 5) is 24.5. The number of hydrogen-bond acceptors (Lipinski definition) is 5. The van der Waals surface area contributed by atoms with Crippen molar-refractivity contribution in [3.05, 3.63) is 64.7 Å². The summed E-state index contributed by atoms with van der Waals surface area (Å²) in [6.07, 6.45) is 0. The molecule has 2 aromatic carbocycles. The van der Waals surface area contributed by atoms with Gasteiger partial charge in [0.15, 0.2) is 0 Å². The monoisotopic (exact) mass is 375 g/mol. The summed E-state index contributed by atoms with van der Waals surface area (Å²) in [7, 11) is -3.77. The number of non-ortho nitro benzene ring substituents is 1. The van der Waals surface area contributed by atoms with E-state index in [4.69, 9.17) is 0 Å².